The summed E-state index contributed by atoms with van der Waals surface area (Å²) in [4.78, 5) is 2.68. The first-order valence-electron chi connectivity index (χ1n) is 6.32. The molecule has 102 valence electrons. The first-order valence-corrected chi connectivity index (χ1v) is 6.73. The van der Waals surface area contributed by atoms with Crippen LogP contribution in [0.4, 0.5) is 5.69 Å². The molecule has 1 N–H and O–H groups in total. The van der Waals surface area contributed by atoms with Gasteiger partial charge in [-0.25, -0.2) is 0 Å². The number of nitrogens with one attached hydrogen (secondary N) is 1. The lowest BCUT2D eigenvalue weighted by molar-refractivity contribution is 1.05. The van der Waals surface area contributed by atoms with E-state index in [2.05, 4.69) is 27.6 Å². The van der Waals surface area contributed by atoms with Crippen molar-refractivity contribution in [3.63, 3.8) is 0 Å². The third kappa shape index (κ3) is 3.90. The number of rotatable bonds is 4. The van der Waals surface area contributed by atoms with Crippen molar-refractivity contribution in [2.45, 2.75) is 0 Å². The minimum absolute atomic E-state index is 0.617. The smallest absolute Gasteiger partial charge is 0.126 e. The Morgan fingerprint density at radius 3 is 2.30 bits per heavy atom. The van der Waals surface area contributed by atoms with E-state index in [9.17, 15) is 0 Å². The SMILES string of the molecule is CN(C)c1ccc(/C=N/NC(=S)c2ccccc2)cc1. The zero-order valence-electron chi connectivity index (χ0n) is 11.6. The van der Waals surface area contributed by atoms with Crippen molar-refractivity contribution >= 4 is 29.1 Å². The summed E-state index contributed by atoms with van der Waals surface area (Å²) in [6.07, 6.45) is 1.76. The molecule has 3 nitrogen and oxygen atoms in total. The predicted octanol–water partition coefficient (Wildman–Crippen LogP) is 3.05. The topological polar surface area (TPSA) is 27.6 Å². The highest BCUT2D eigenvalue weighted by Gasteiger charge is 1.97. The Morgan fingerprint density at radius 2 is 1.70 bits per heavy atom. The fourth-order valence-corrected chi connectivity index (χ4v) is 1.87. The fraction of sp³-hybridized carbons (Fsp3) is 0.125. The molecule has 0 aliphatic heterocycles. The van der Waals surface area contributed by atoms with Gasteiger partial charge in [0.05, 0.1) is 6.21 Å². The Balaban J connectivity index is 1.95. The van der Waals surface area contributed by atoms with E-state index >= 15 is 0 Å². The third-order valence-corrected chi connectivity index (χ3v) is 3.15. The molecular formula is C16H17N3S. The molecule has 0 radical (unpaired) electrons. The van der Waals surface area contributed by atoms with E-state index in [1.807, 2.05) is 56.6 Å². The lowest BCUT2D eigenvalue weighted by Crippen LogP contribution is -2.16. The molecule has 0 atom stereocenters. The zero-order chi connectivity index (χ0) is 14.4. The minimum atomic E-state index is 0.617. The second-order valence-corrected chi connectivity index (χ2v) is 4.96. The van der Waals surface area contributed by atoms with Gasteiger partial charge < -0.3 is 4.90 Å². The minimum Gasteiger partial charge on any atom is -0.378 e. The molecule has 0 unspecified atom stereocenters. The summed E-state index contributed by atoms with van der Waals surface area (Å²) in [5, 5.41) is 4.16. The van der Waals surface area contributed by atoms with Gasteiger partial charge in [-0.15, -0.1) is 0 Å². The highest BCUT2D eigenvalue weighted by Crippen LogP contribution is 2.10. The molecule has 4 heteroatoms. The van der Waals surface area contributed by atoms with Crippen molar-refractivity contribution in [2.75, 3.05) is 19.0 Å². The summed E-state index contributed by atoms with van der Waals surface area (Å²) in [6.45, 7) is 0. The Morgan fingerprint density at radius 1 is 1.05 bits per heavy atom. The van der Waals surface area contributed by atoms with Gasteiger partial charge in [0.2, 0.25) is 0 Å². The monoisotopic (exact) mass is 283 g/mol. The van der Waals surface area contributed by atoms with Crippen LogP contribution in [-0.2, 0) is 0 Å². The molecule has 2 aromatic rings. The molecule has 0 fully saturated rings. The maximum Gasteiger partial charge on any atom is 0.126 e. The molecule has 0 heterocycles. The Bertz CT molecular complexity index is 589. The summed E-state index contributed by atoms with van der Waals surface area (Å²) < 4.78 is 0. The standard InChI is InChI=1S/C16H17N3S/c1-19(2)15-10-8-13(9-11-15)12-17-18-16(20)14-6-4-3-5-7-14/h3-12H,1-2H3,(H,18,20)/b17-12+. The van der Waals surface area contributed by atoms with E-state index in [4.69, 9.17) is 12.2 Å². The lowest BCUT2D eigenvalue weighted by Gasteiger charge is -2.11. The van der Waals surface area contributed by atoms with Gasteiger partial charge in [0, 0.05) is 25.3 Å². The average molecular weight is 283 g/mol. The van der Waals surface area contributed by atoms with E-state index in [-0.39, 0.29) is 0 Å². The maximum atomic E-state index is 5.26. The van der Waals surface area contributed by atoms with Gasteiger partial charge in [0.15, 0.2) is 0 Å². The van der Waals surface area contributed by atoms with Crippen molar-refractivity contribution < 1.29 is 0 Å². The second kappa shape index (κ2) is 6.82. The molecule has 0 aliphatic rings. The van der Waals surface area contributed by atoms with Crippen LogP contribution in [0.15, 0.2) is 59.7 Å². The molecule has 0 aliphatic carbocycles. The zero-order valence-corrected chi connectivity index (χ0v) is 12.4. The highest BCUT2D eigenvalue weighted by atomic mass is 32.1. The summed E-state index contributed by atoms with van der Waals surface area (Å²) in [5.41, 5.74) is 6.02. The van der Waals surface area contributed by atoms with E-state index in [1.54, 1.807) is 6.21 Å². The summed E-state index contributed by atoms with van der Waals surface area (Å²) >= 11 is 5.26. The summed E-state index contributed by atoms with van der Waals surface area (Å²) in [5.74, 6) is 0. The molecule has 0 saturated carbocycles. The largest absolute Gasteiger partial charge is 0.378 e. The van der Waals surface area contributed by atoms with Crippen LogP contribution in [0.2, 0.25) is 0 Å². The first kappa shape index (κ1) is 14.2. The van der Waals surface area contributed by atoms with Crippen LogP contribution in [0.1, 0.15) is 11.1 Å². The quantitative estimate of drug-likeness (QED) is 0.531. The van der Waals surface area contributed by atoms with Gasteiger partial charge in [-0.3, -0.25) is 5.43 Å². The van der Waals surface area contributed by atoms with Crippen molar-refractivity contribution in [1.82, 2.24) is 5.43 Å². The van der Waals surface area contributed by atoms with Crippen LogP contribution in [0.25, 0.3) is 0 Å². The number of anilines is 1. The number of hydrogen-bond acceptors (Lipinski definition) is 3. The summed E-state index contributed by atoms with van der Waals surface area (Å²) in [7, 11) is 4.03. The van der Waals surface area contributed by atoms with E-state index < -0.39 is 0 Å². The van der Waals surface area contributed by atoms with Crippen LogP contribution in [-0.4, -0.2) is 25.3 Å². The van der Waals surface area contributed by atoms with E-state index in [1.165, 1.54) is 0 Å². The summed E-state index contributed by atoms with van der Waals surface area (Å²) in [6, 6.07) is 17.9. The molecule has 2 rings (SSSR count). The number of hydrogen-bond donors (Lipinski definition) is 1. The Hall–Kier alpha value is -2.20. The van der Waals surface area contributed by atoms with Crippen molar-refractivity contribution in [1.29, 1.82) is 0 Å². The van der Waals surface area contributed by atoms with Gasteiger partial charge in [-0.2, -0.15) is 5.10 Å². The number of thiocarbonyl (C=S) groups is 1. The van der Waals surface area contributed by atoms with Crippen LogP contribution >= 0.6 is 12.2 Å². The van der Waals surface area contributed by atoms with Crippen molar-refractivity contribution in [3.05, 3.63) is 65.7 Å². The van der Waals surface area contributed by atoms with Gasteiger partial charge in [-0.05, 0) is 17.7 Å². The molecule has 0 spiro atoms. The molecule has 0 saturated heterocycles. The average Bonchev–Trinajstić information content (AvgIpc) is 2.48. The molecule has 20 heavy (non-hydrogen) atoms. The number of nitrogens with zero attached hydrogens (tertiary/aromatic N) is 2. The maximum absolute atomic E-state index is 5.26. The van der Waals surface area contributed by atoms with Crippen molar-refractivity contribution in [3.8, 4) is 0 Å². The fourth-order valence-electron chi connectivity index (χ4n) is 1.68. The van der Waals surface area contributed by atoms with E-state index in [0.717, 1.165) is 16.8 Å². The molecule has 0 aromatic heterocycles. The van der Waals surface area contributed by atoms with Gasteiger partial charge in [-0.1, -0.05) is 54.7 Å². The first-order chi connectivity index (χ1) is 9.66. The molecule has 2 aromatic carbocycles. The van der Waals surface area contributed by atoms with Crippen LogP contribution in [0.5, 0.6) is 0 Å². The lowest BCUT2D eigenvalue weighted by atomic mass is 10.2. The Labute approximate surface area is 124 Å². The Kier molecular flexibility index (Phi) is 4.85. The number of hydrazone groups is 1. The molecule has 0 bridgehead atoms. The van der Waals surface area contributed by atoms with Crippen molar-refractivity contribution in [2.24, 2.45) is 5.10 Å². The molecular weight excluding hydrogens is 266 g/mol. The van der Waals surface area contributed by atoms with Gasteiger partial charge in [0.1, 0.15) is 4.99 Å². The van der Waals surface area contributed by atoms with Crippen LogP contribution in [0.3, 0.4) is 0 Å². The van der Waals surface area contributed by atoms with Crippen LogP contribution in [0, 0.1) is 0 Å². The highest BCUT2D eigenvalue weighted by molar-refractivity contribution is 7.80. The molecule has 0 amide bonds. The second-order valence-electron chi connectivity index (χ2n) is 4.55. The normalized spacial score (nSPS) is 10.5. The van der Waals surface area contributed by atoms with Gasteiger partial charge in [0.25, 0.3) is 0 Å². The van der Waals surface area contributed by atoms with E-state index in [0.29, 0.717) is 4.99 Å². The number of benzene rings is 2. The third-order valence-electron chi connectivity index (χ3n) is 2.83. The van der Waals surface area contributed by atoms with Gasteiger partial charge >= 0.3 is 0 Å². The van der Waals surface area contributed by atoms with Crippen LogP contribution < -0.4 is 10.3 Å². The predicted molar refractivity (Wildman–Crippen MR) is 89.6 cm³/mol.